The number of fused-ring (bicyclic) bond motifs is 1. The fourth-order valence-corrected chi connectivity index (χ4v) is 5.03. The molecule has 2 saturated heterocycles. The summed E-state index contributed by atoms with van der Waals surface area (Å²) in [4.78, 5) is 42.7. The Bertz CT molecular complexity index is 1080. The van der Waals surface area contributed by atoms with E-state index in [1.165, 1.54) is 9.80 Å². The van der Waals surface area contributed by atoms with Crippen LogP contribution < -0.4 is 10.7 Å². The van der Waals surface area contributed by atoms with E-state index in [0.717, 1.165) is 11.1 Å². The molecule has 8 nitrogen and oxygen atoms in total. The van der Waals surface area contributed by atoms with Gasteiger partial charge in [-0.2, -0.15) is 0 Å². The number of rotatable bonds is 7. The summed E-state index contributed by atoms with van der Waals surface area (Å²) in [5.41, 5.74) is 5.80. The third-order valence-electron chi connectivity index (χ3n) is 6.42. The average Bonchev–Trinajstić information content (AvgIpc) is 3.15. The number of benzene rings is 2. The number of carbonyl (C=O) groups excluding carboxylic acids is 3. The largest absolute Gasteiger partial charge is 0.327 e. The Morgan fingerprint density at radius 3 is 2.56 bits per heavy atom. The van der Waals surface area contributed by atoms with E-state index in [-0.39, 0.29) is 30.9 Å². The monoisotopic (exact) mass is 483 g/mol. The molecule has 2 aromatic carbocycles. The van der Waals surface area contributed by atoms with Crippen molar-refractivity contribution in [3.8, 4) is 0 Å². The van der Waals surface area contributed by atoms with Gasteiger partial charge in [-0.05, 0) is 43.5 Å². The van der Waals surface area contributed by atoms with E-state index in [0.29, 0.717) is 23.7 Å². The molecule has 3 unspecified atom stereocenters. The summed E-state index contributed by atoms with van der Waals surface area (Å²) in [6, 6.07) is 13.5. The molecule has 0 aromatic heterocycles. The molecule has 4 amide bonds. The number of urea groups is 1. The van der Waals surface area contributed by atoms with Crippen molar-refractivity contribution in [2.45, 2.75) is 45.3 Å². The van der Waals surface area contributed by atoms with Crippen LogP contribution in [-0.2, 0) is 16.0 Å². The highest BCUT2D eigenvalue weighted by atomic mass is 35.5. The number of imide groups is 1. The molecule has 180 valence electrons. The quantitative estimate of drug-likeness (QED) is 0.632. The number of nitrogens with one attached hydrogen (secondary N) is 2. The number of nitrogens with zero attached hydrogens (tertiary/aromatic N) is 3. The zero-order chi connectivity index (χ0) is 24.4. The lowest BCUT2D eigenvalue weighted by Crippen LogP contribution is -2.67. The maximum atomic E-state index is 13.5. The van der Waals surface area contributed by atoms with Crippen LogP contribution in [-0.4, -0.2) is 70.4 Å². The van der Waals surface area contributed by atoms with Crippen LogP contribution in [0.1, 0.15) is 25.0 Å². The minimum atomic E-state index is -0.552. The Labute approximate surface area is 204 Å². The van der Waals surface area contributed by atoms with Crippen molar-refractivity contribution in [3.05, 3.63) is 64.7 Å². The molecule has 9 heteroatoms. The van der Waals surface area contributed by atoms with Gasteiger partial charge in [0.15, 0.2) is 0 Å². The zero-order valence-corrected chi connectivity index (χ0v) is 20.4. The van der Waals surface area contributed by atoms with Crippen LogP contribution >= 0.6 is 11.6 Å². The molecule has 4 rings (SSSR count). The van der Waals surface area contributed by atoms with Gasteiger partial charge in [-0.1, -0.05) is 54.9 Å². The van der Waals surface area contributed by atoms with E-state index < -0.39 is 18.1 Å². The van der Waals surface area contributed by atoms with Crippen LogP contribution in [0, 0.1) is 6.92 Å². The van der Waals surface area contributed by atoms with Gasteiger partial charge in [0.2, 0.25) is 5.91 Å². The van der Waals surface area contributed by atoms with Crippen molar-refractivity contribution in [3.63, 3.8) is 0 Å². The number of anilines is 1. The van der Waals surface area contributed by atoms with Crippen LogP contribution in [0.5, 0.6) is 0 Å². The first-order valence-electron chi connectivity index (χ1n) is 11.5. The van der Waals surface area contributed by atoms with Crippen LogP contribution in [0.15, 0.2) is 48.5 Å². The molecule has 0 saturated carbocycles. The van der Waals surface area contributed by atoms with Gasteiger partial charge in [0, 0.05) is 19.1 Å². The number of hydrogen-bond donors (Lipinski definition) is 2. The molecule has 2 N–H and O–H groups in total. The molecule has 3 atom stereocenters. The summed E-state index contributed by atoms with van der Waals surface area (Å²) in [6.07, 6.45) is 0.545. The fourth-order valence-electron chi connectivity index (χ4n) is 4.75. The van der Waals surface area contributed by atoms with E-state index >= 15 is 0 Å². The number of carbonyl (C=O) groups is 3. The third kappa shape index (κ3) is 4.80. The molecule has 2 aromatic rings. The SMILES string of the molecule is CCN1NC(C)C2C1C(=O)N(CCc1ccccc1)C(=O)N2CC(=O)Nc1ccc(C)cc1Cl. The van der Waals surface area contributed by atoms with Gasteiger partial charge in [0.1, 0.15) is 12.6 Å². The molecular formula is C25H30ClN5O3. The summed E-state index contributed by atoms with van der Waals surface area (Å²) in [5, 5.41) is 5.10. The summed E-state index contributed by atoms with van der Waals surface area (Å²) < 4.78 is 0. The number of aryl methyl sites for hydroxylation is 1. The number of likely N-dealkylation sites (N-methyl/N-ethyl adjacent to an activating group) is 1. The van der Waals surface area contributed by atoms with Crippen molar-refractivity contribution in [2.24, 2.45) is 0 Å². The lowest BCUT2D eigenvalue weighted by molar-refractivity contribution is -0.139. The topological polar surface area (TPSA) is 85.0 Å². The second-order valence-electron chi connectivity index (χ2n) is 8.81. The molecule has 0 spiro atoms. The summed E-state index contributed by atoms with van der Waals surface area (Å²) in [7, 11) is 0. The standard InChI is InChI=1S/C25H30ClN5O3/c1-4-31-23-22(17(3)28-31)30(15-21(32)27-20-11-10-16(2)14-19(20)26)25(34)29(24(23)33)13-12-18-8-6-5-7-9-18/h5-11,14,17,22-23,28H,4,12-13,15H2,1-3H3,(H,27,32). The number of halogens is 1. The number of amides is 4. The van der Waals surface area contributed by atoms with Gasteiger partial charge >= 0.3 is 6.03 Å². The molecule has 34 heavy (non-hydrogen) atoms. The molecule has 0 bridgehead atoms. The van der Waals surface area contributed by atoms with E-state index in [1.54, 1.807) is 12.1 Å². The first-order chi connectivity index (χ1) is 16.3. The molecular weight excluding hydrogens is 454 g/mol. The highest BCUT2D eigenvalue weighted by Crippen LogP contribution is 2.29. The predicted octanol–water partition coefficient (Wildman–Crippen LogP) is 3.06. The van der Waals surface area contributed by atoms with Crippen LogP contribution in [0.2, 0.25) is 5.02 Å². The van der Waals surface area contributed by atoms with Crippen LogP contribution in [0.25, 0.3) is 0 Å². The first kappa shape index (κ1) is 24.2. The molecule has 0 aliphatic carbocycles. The maximum Gasteiger partial charge on any atom is 0.327 e. The Hall–Kier alpha value is -2.94. The molecule has 2 aliphatic heterocycles. The van der Waals surface area contributed by atoms with Crippen molar-refractivity contribution in [2.75, 3.05) is 25.0 Å². The van der Waals surface area contributed by atoms with E-state index in [1.807, 2.05) is 62.2 Å². The second kappa shape index (κ2) is 10.1. The van der Waals surface area contributed by atoms with Gasteiger partial charge < -0.3 is 10.2 Å². The minimum absolute atomic E-state index is 0.176. The zero-order valence-electron chi connectivity index (χ0n) is 19.6. The molecule has 0 radical (unpaired) electrons. The summed E-state index contributed by atoms with van der Waals surface area (Å²) >= 11 is 6.27. The van der Waals surface area contributed by atoms with Crippen LogP contribution in [0.3, 0.4) is 0 Å². The highest BCUT2D eigenvalue weighted by molar-refractivity contribution is 6.33. The van der Waals surface area contributed by atoms with Crippen molar-refractivity contribution in [1.82, 2.24) is 20.2 Å². The summed E-state index contributed by atoms with van der Waals surface area (Å²) in [6.45, 7) is 6.46. The lowest BCUT2D eigenvalue weighted by atomic mass is 9.97. The number of hydrogen-bond acceptors (Lipinski definition) is 5. The maximum absolute atomic E-state index is 13.5. The Balaban J connectivity index is 1.56. The van der Waals surface area contributed by atoms with Gasteiger partial charge in [0.25, 0.3) is 5.91 Å². The number of hydrazine groups is 1. The normalized spacial score (nSPS) is 22.8. The Kier molecular flexibility index (Phi) is 7.21. The molecule has 2 aliphatic rings. The highest BCUT2D eigenvalue weighted by Gasteiger charge is 2.54. The summed E-state index contributed by atoms with van der Waals surface area (Å²) in [5.74, 6) is -0.597. The molecule has 2 heterocycles. The lowest BCUT2D eigenvalue weighted by Gasteiger charge is -2.43. The second-order valence-corrected chi connectivity index (χ2v) is 9.21. The van der Waals surface area contributed by atoms with Gasteiger partial charge in [-0.3, -0.25) is 14.5 Å². The van der Waals surface area contributed by atoms with Gasteiger partial charge in [-0.25, -0.2) is 15.2 Å². The third-order valence-corrected chi connectivity index (χ3v) is 6.73. The molecule has 2 fully saturated rings. The van der Waals surface area contributed by atoms with E-state index in [4.69, 9.17) is 11.6 Å². The average molecular weight is 484 g/mol. The van der Waals surface area contributed by atoms with Crippen LogP contribution in [0.4, 0.5) is 10.5 Å². The van der Waals surface area contributed by atoms with E-state index in [9.17, 15) is 14.4 Å². The van der Waals surface area contributed by atoms with Crippen molar-refractivity contribution >= 4 is 35.1 Å². The smallest absolute Gasteiger partial charge is 0.323 e. The Morgan fingerprint density at radius 1 is 1.15 bits per heavy atom. The van der Waals surface area contributed by atoms with Gasteiger partial charge in [-0.15, -0.1) is 0 Å². The van der Waals surface area contributed by atoms with E-state index in [2.05, 4.69) is 10.7 Å². The first-order valence-corrected chi connectivity index (χ1v) is 11.9. The Morgan fingerprint density at radius 2 is 1.88 bits per heavy atom. The predicted molar refractivity (Wildman–Crippen MR) is 131 cm³/mol. The van der Waals surface area contributed by atoms with Crippen molar-refractivity contribution in [1.29, 1.82) is 0 Å². The fraction of sp³-hybridized carbons (Fsp3) is 0.400. The minimum Gasteiger partial charge on any atom is -0.323 e. The van der Waals surface area contributed by atoms with Gasteiger partial charge in [0.05, 0.1) is 16.8 Å². The van der Waals surface area contributed by atoms with Crippen molar-refractivity contribution < 1.29 is 14.4 Å².